The van der Waals surface area contributed by atoms with Gasteiger partial charge in [-0.1, -0.05) is 18.6 Å². The minimum atomic E-state index is -0.232. The molecule has 1 aromatic carbocycles. The van der Waals surface area contributed by atoms with Gasteiger partial charge < -0.3 is 11.1 Å². The Morgan fingerprint density at radius 3 is 2.74 bits per heavy atom. The predicted octanol–water partition coefficient (Wildman–Crippen LogP) is 2.00. The van der Waals surface area contributed by atoms with Gasteiger partial charge in [0.2, 0.25) is 5.91 Å². The Balaban J connectivity index is 1.73. The highest BCUT2D eigenvalue weighted by Gasteiger charge is 2.24. The fraction of sp³-hybridized carbons (Fsp3) is 0.533. The van der Waals surface area contributed by atoms with E-state index < -0.39 is 0 Å². The summed E-state index contributed by atoms with van der Waals surface area (Å²) in [5.41, 5.74) is 6.91. The number of halogens is 1. The minimum Gasteiger partial charge on any atom is -0.356 e. The topological polar surface area (TPSA) is 55.1 Å². The van der Waals surface area contributed by atoms with Gasteiger partial charge in [-0.15, -0.1) is 0 Å². The van der Waals surface area contributed by atoms with E-state index in [9.17, 15) is 9.18 Å². The van der Waals surface area contributed by atoms with Gasteiger partial charge in [0.25, 0.3) is 0 Å². The van der Waals surface area contributed by atoms with Crippen molar-refractivity contribution in [3.8, 4) is 0 Å². The first-order valence-electron chi connectivity index (χ1n) is 6.93. The third-order valence-electron chi connectivity index (χ3n) is 3.71. The average Bonchev–Trinajstić information content (AvgIpc) is 2.41. The van der Waals surface area contributed by atoms with Crippen molar-refractivity contribution in [2.45, 2.75) is 38.1 Å². The van der Waals surface area contributed by atoms with Crippen molar-refractivity contribution < 1.29 is 9.18 Å². The largest absolute Gasteiger partial charge is 0.356 e. The van der Waals surface area contributed by atoms with Crippen molar-refractivity contribution in [3.05, 3.63) is 35.6 Å². The lowest BCUT2D eigenvalue weighted by Gasteiger charge is -2.25. The van der Waals surface area contributed by atoms with Gasteiger partial charge in [0.1, 0.15) is 5.82 Å². The van der Waals surface area contributed by atoms with E-state index in [1.165, 1.54) is 12.1 Å². The zero-order valence-electron chi connectivity index (χ0n) is 11.1. The van der Waals surface area contributed by atoms with Gasteiger partial charge in [0, 0.05) is 18.5 Å². The Kier molecular flexibility index (Phi) is 4.91. The molecule has 0 bridgehead atoms. The number of carbonyl (C=O) groups excluding carboxylic acids is 1. The van der Waals surface area contributed by atoms with Crippen LogP contribution in [0.2, 0.25) is 0 Å². The van der Waals surface area contributed by atoms with E-state index in [2.05, 4.69) is 5.32 Å². The molecule has 104 valence electrons. The number of benzene rings is 1. The third kappa shape index (κ3) is 4.31. The van der Waals surface area contributed by atoms with Crippen LogP contribution in [0.1, 0.15) is 31.2 Å². The van der Waals surface area contributed by atoms with E-state index in [1.807, 2.05) is 0 Å². The lowest BCUT2D eigenvalue weighted by molar-refractivity contribution is -0.126. The highest BCUT2D eigenvalue weighted by Crippen LogP contribution is 2.23. The van der Waals surface area contributed by atoms with Gasteiger partial charge in [-0.25, -0.2) is 4.39 Å². The summed E-state index contributed by atoms with van der Waals surface area (Å²) in [6.45, 7) is 0.593. The van der Waals surface area contributed by atoms with Crippen molar-refractivity contribution in [2.75, 3.05) is 6.54 Å². The summed E-state index contributed by atoms with van der Waals surface area (Å²) < 4.78 is 12.7. The molecule has 0 radical (unpaired) electrons. The maximum Gasteiger partial charge on any atom is 0.223 e. The fourth-order valence-corrected chi connectivity index (χ4v) is 2.59. The monoisotopic (exact) mass is 264 g/mol. The van der Waals surface area contributed by atoms with Gasteiger partial charge in [-0.3, -0.25) is 4.79 Å². The van der Waals surface area contributed by atoms with Crippen LogP contribution in [0.4, 0.5) is 4.39 Å². The molecule has 1 saturated carbocycles. The number of nitrogens with two attached hydrogens (primary N) is 1. The van der Waals surface area contributed by atoms with E-state index in [0.717, 1.165) is 37.7 Å². The second kappa shape index (κ2) is 6.66. The molecule has 1 aliphatic rings. The molecule has 0 spiro atoms. The third-order valence-corrected chi connectivity index (χ3v) is 3.71. The van der Waals surface area contributed by atoms with Gasteiger partial charge in [0.15, 0.2) is 0 Å². The Labute approximate surface area is 113 Å². The molecule has 0 aromatic heterocycles. The van der Waals surface area contributed by atoms with E-state index in [0.29, 0.717) is 6.54 Å². The molecular weight excluding hydrogens is 243 g/mol. The quantitative estimate of drug-likeness (QED) is 0.874. The van der Waals surface area contributed by atoms with Crippen LogP contribution in [0.25, 0.3) is 0 Å². The molecule has 1 aliphatic carbocycles. The predicted molar refractivity (Wildman–Crippen MR) is 73.0 cm³/mol. The number of rotatable bonds is 4. The average molecular weight is 264 g/mol. The first-order chi connectivity index (χ1) is 9.15. The molecular formula is C15H21FN2O. The summed E-state index contributed by atoms with van der Waals surface area (Å²) in [5.74, 6) is -0.0572. The fourth-order valence-electron chi connectivity index (χ4n) is 2.59. The van der Waals surface area contributed by atoms with Crippen LogP contribution < -0.4 is 11.1 Å². The molecule has 1 fully saturated rings. The second-order valence-corrected chi connectivity index (χ2v) is 5.29. The molecule has 1 aromatic rings. The van der Waals surface area contributed by atoms with Crippen LogP contribution in [-0.4, -0.2) is 18.5 Å². The normalized spacial score (nSPS) is 23.1. The van der Waals surface area contributed by atoms with Crippen molar-refractivity contribution in [1.29, 1.82) is 0 Å². The number of nitrogens with one attached hydrogen (secondary N) is 1. The highest BCUT2D eigenvalue weighted by atomic mass is 19.1. The second-order valence-electron chi connectivity index (χ2n) is 5.29. The Morgan fingerprint density at radius 1 is 1.32 bits per heavy atom. The van der Waals surface area contributed by atoms with Gasteiger partial charge in [0.05, 0.1) is 0 Å². The van der Waals surface area contributed by atoms with Crippen molar-refractivity contribution in [3.63, 3.8) is 0 Å². The smallest absolute Gasteiger partial charge is 0.223 e. The van der Waals surface area contributed by atoms with Gasteiger partial charge >= 0.3 is 0 Å². The highest BCUT2D eigenvalue weighted by molar-refractivity contribution is 5.78. The van der Waals surface area contributed by atoms with Crippen LogP contribution in [-0.2, 0) is 11.2 Å². The maximum atomic E-state index is 12.7. The standard InChI is InChI=1S/C15H21FN2O/c16-13-6-4-11(5-7-13)8-9-18-15(19)12-2-1-3-14(17)10-12/h4-7,12,14H,1-3,8-10,17H2,(H,18,19). The van der Waals surface area contributed by atoms with Crippen molar-refractivity contribution in [2.24, 2.45) is 11.7 Å². The summed E-state index contributed by atoms with van der Waals surface area (Å²) in [6, 6.07) is 6.55. The Morgan fingerprint density at radius 2 is 2.05 bits per heavy atom. The van der Waals surface area contributed by atoms with Crippen molar-refractivity contribution >= 4 is 5.91 Å². The molecule has 1 amide bonds. The Hall–Kier alpha value is -1.42. The summed E-state index contributed by atoms with van der Waals surface area (Å²) in [6.07, 6.45) is 4.53. The molecule has 2 unspecified atom stereocenters. The van der Waals surface area contributed by atoms with Crippen LogP contribution >= 0.6 is 0 Å². The zero-order valence-corrected chi connectivity index (χ0v) is 11.1. The van der Waals surface area contributed by atoms with E-state index in [-0.39, 0.29) is 23.7 Å². The van der Waals surface area contributed by atoms with Crippen LogP contribution in [0.3, 0.4) is 0 Å². The van der Waals surface area contributed by atoms with E-state index in [4.69, 9.17) is 5.73 Å². The first kappa shape index (κ1) is 14.0. The van der Waals surface area contributed by atoms with E-state index >= 15 is 0 Å². The van der Waals surface area contributed by atoms with Crippen LogP contribution in [0, 0.1) is 11.7 Å². The summed E-state index contributed by atoms with van der Waals surface area (Å²) in [5, 5.41) is 2.95. The van der Waals surface area contributed by atoms with Crippen LogP contribution in [0.5, 0.6) is 0 Å². The minimum absolute atomic E-state index is 0.0666. The van der Waals surface area contributed by atoms with Gasteiger partial charge in [-0.2, -0.15) is 0 Å². The number of amides is 1. The molecule has 4 heteroatoms. The molecule has 0 aliphatic heterocycles. The SMILES string of the molecule is NC1CCCC(C(=O)NCCc2ccc(F)cc2)C1. The molecule has 2 atom stereocenters. The number of carbonyl (C=O) groups is 1. The summed E-state index contributed by atoms with van der Waals surface area (Å²) in [7, 11) is 0. The molecule has 0 heterocycles. The molecule has 2 rings (SSSR count). The summed E-state index contributed by atoms with van der Waals surface area (Å²) >= 11 is 0. The molecule has 3 N–H and O–H groups in total. The lowest BCUT2D eigenvalue weighted by Crippen LogP contribution is -2.38. The number of hydrogen-bond donors (Lipinski definition) is 2. The number of hydrogen-bond acceptors (Lipinski definition) is 2. The van der Waals surface area contributed by atoms with E-state index in [1.54, 1.807) is 12.1 Å². The molecule has 0 saturated heterocycles. The first-order valence-corrected chi connectivity index (χ1v) is 6.93. The zero-order chi connectivity index (χ0) is 13.7. The molecule has 3 nitrogen and oxygen atoms in total. The lowest BCUT2D eigenvalue weighted by atomic mass is 9.85. The van der Waals surface area contributed by atoms with Crippen molar-refractivity contribution in [1.82, 2.24) is 5.32 Å². The van der Waals surface area contributed by atoms with Crippen LogP contribution in [0.15, 0.2) is 24.3 Å². The molecule has 19 heavy (non-hydrogen) atoms. The summed E-state index contributed by atoms with van der Waals surface area (Å²) in [4.78, 5) is 12.0. The maximum absolute atomic E-state index is 12.7. The van der Waals surface area contributed by atoms with Gasteiger partial charge in [-0.05, 0) is 43.4 Å². The Bertz CT molecular complexity index is 419.